The van der Waals surface area contributed by atoms with Crippen LogP contribution in [0.1, 0.15) is 52.7 Å². The van der Waals surface area contributed by atoms with Crippen LogP contribution in [0.2, 0.25) is 0 Å². The molecule has 60 heavy (non-hydrogen) atoms. The highest BCUT2D eigenvalue weighted by Gasteiger charge is 2.29. The number of hydrogen-bond donors (Lipinski definition) is 1. The molecule has 0 radical (unpaired) electrons. The lowest BCUT2D eigenvalue weighted by atomic mass is 9.79. The molecule has 0 saturated carbocycles. The molecule has 9 aromatic rings. The molecule has 1 N–H and O–H groups in total. The lowest BCUT2D eigenvalue weighted by Crippen LogP contribution is -2.17. The fraction of sp³-hybridized carbons (Fsp3) is 0.145. The van der Waals surface area contributed by atoms with Crippen molar-refractivity contribution in [3.05, 3.63) is 187 Å². The van der Waals surface area contributed by atoms with E-state index in [2.05, 4.69) is 186 Å². The van der Waals surface area contributed by atoms with E-state index in [1.807, 2.05) is 36.7 Å². The highest BCUT2D eigenvalue weighted by Crippen LogP contribution is 2.45. The second-order valence-corrected chi connectivity index (χ2v) is 17.6. The zero-order valence-electron chi connectivity index (χ0n) is 35.0. The topological polar surface area (TPSA) is 63.8 Å². The molecule has 5 nitrogen and oxygen atoms in total. The Balaban J connectivity index is 1.32. The SMILES string of the molecule is CC(C)(C)c1cc(-c2nc3c(-c4cc(-c5ccccc5)cc(-c5cc(-c6ccccc6)ccn5)c4)nccc3n2-c2cccc(-c3ccccc3)c2)c(O)c(C(C)(C)C)c1. The summed E-state index contributed by atoms with van der Waals surface area (Å²) in [6.45, 7) is 13.1. The molecule has 0 atom stereocenters. The Hall–Kier alpha value is -7.11. The summed E-state index contributed by atoms with van der Waals surface area (Å²) in [4.78, 5) is 15.5. The van der Waals surface area contributed by atoms with Gasteiger partial charge >= 0.3 is 0 Å². The number of nitrogens with zero attached hydrogens (tertiary/aromatic N) is 4. The molecule has 3 heterocycles. The van der Waals surface area contributed by atoms with Crippen LogP contribution in [0.15, 0.2) is 176 Å². The molecule has 0 unspecified atom stereocenters. The largest absolute Gasteiger partial charge is 0.507 e. The zero-order valence-corrected chi connectivity index (χ0v) is 35.0. The number of aromatic nitrogens is 4. The van der Waals surface area contributed by atoms with Gasteiger partial charge in [-0.3, -0.25) is 14.5 Å². The number of benzene rings is 6. The van der Waals surface area contributed by atoms with Crippen LogP contribution in [0.3, 0.4) is 0 Å². The molecule has 0 fully saturated rings. The normalized spacial score (nSPS) is 11.9. The highest BCUT2D eigenvalue weighted by atomic mass is 16.3. The van der Waals surface area contributed by atoms with Crippen molar-refractivity contribution in [1.29, 1.82) is 0 Å². The van der Waals surface area contributed by atoms with Gasteiger partial charge in [0.05, 0.1) is 22.5 Å². The van der Waals surface area contributed by atoms with Crippen molar-refractivity contribution >= 4 is 11.0 Å². The molecular weight excluding hydrogens is 733 g/mol. The minimum atomic E-state index is -0.322. The number of hydrogen-bond acceptors (Lipinski definition) is 4. The van der Waals surface area contributed by atoms with Crippen LogP contribution < -0.4 is 0 Å². The molecule has 0 amide bonds. The molecule has 3 aromatic heterocycles. The van der Waals surface area contributed by atoms with Crippen LogP contribution in [0.25, 0.3) is 84.0 Å². The molecule has 0 bridgehead atoms. The van der Waals surface area contributed by atoms with Crippen LogP contribution in [0, 0.1) is 0 Å². The maximum Gasteiger partial charge on any atom is 0.149 e. The first-order valence-corrected chi connectivity index (χ1v) is 20.6. The summed E-state index contributed by atoms with van der Waals surface area (Å²) in [7, 11) is 0. The van der Waals surface area contributed by atoms with Gasteiger partial charge in [-0.15, -0.1) is 0 Å². The number of rotatable bonds is 7. The van der Waals surface area contributed by atoms with Crippen molar-refractivity contribution in [2.75, 3.05) is 0 Å². The van der Waals surface area contributed by atoms with Gasteiger partial charge in [-0.1, -0.05) is 151 Å². The van der Waals surface area contributed by atoms with Crippen molar-refractivity contribution in [1.82, 2.24) is 19.5 Å². The summed E-state index contributed by atoms with van der Waals surface area (Å²) >= 11 is 0. The molecule has 5 heteroatoms. The second kappa shape index (κ2) is 15.2. The van der Waals surface area contributed by atoms with Crippen LogP contribution in [0.4, 0.5) is 0 Å². The summed E-state index contributed by atoms with van der Waals surface area (Å²) in [5.74, 6) is 0.883. The van der Waals surface area contributed by atoms with Gasteiger partial charge in [0.1, 0.15) is 17.1 Å². The van der Waals surface area contributed by atoms with E-state index in [-0.39, 0.29) is 16.6 Å². The van der Waals surface area contributed by atoms with Gasteiger partial charge in [0.2, 0.25) is 0 Å². The van der Waals surface area contributed by atoms with Gasteiger partial charge < -0.3 is 5.11 Å². The minimum absolute atomic E-state index is 0.181. The number of fused-ring (bicyclic) bond motifs is 1. The van der Waals surface area contributed by atoms with Gasteiger partial charge in [-0.2, -0.15) is 0 Å². The van der Waals surface area contributed by atoms with E-state index in [1.165, 1.54) is 0 Å². The van der Waals surface area contributed by atoms with Gasteiger partial charge in [0.25, 0.3) is 0 Å². The van der Waals surface area contributed by atoms with Crippen molar-refractivity contribution in [2.24, 2.45) is 0 Å². The molecular formula is C55H48N4O. The van der Waals surface area contributed by atoms with E-state index in [4.69, 9.17) is 15.0 Å². The van der Waals surface area contributed by atoms with E-state index in [9.17, 15) is 5.11 Å². The number of imidazole rings is 1. The average Bonchev–Trinajstić information content (AvgIpc) is 3.66. The van der Waals surface area contributed by atoms with Crippen molar-refractivity contribution < 1.29 is 5.11 Å². The minimum Gasteiger partial charge on any atom is -0.507 e. The summed E-state index contributed by atoms with van der Waals surface area (Å²) in [6, 6.07) is 56.9. The Morgan fingerprint density at radius 3 is 1.67 bits per heavy atom. The Kier molecular flexibility index (Phi) is 9.76. The smallest absolute Gasteiger partial charge is 0.149 e. The van der Waals surface area contributed by atoms with E-state index in [1.54, 1.807) is 0 Å². The molecule has 0 saturated heterocycles. The quantitative estimate of drug-likeness (QED) is 0.175. The molecule has 0 spiro atoms. The fourth-order valence-corrected chi connectivity index (χ4v) is 8.03. The second-order valence-electron chi connectivity index (χ2n) is 17.6. The first kappa shape index (κ1) is 38.4. The van der Waals surface area contributed by atoms with Crippen molar-refractivity contribution in [3.8, 4) is 78.7 Å². The molecule has 294 valence electrons. The van der Waals surface area contributed by atoms with E-state index < -0.39 is 0 Å². The predicted octanol–water partition coefficient (Wildman–Crippen LogP) is 14.1. The van der Waals surface area contributed by atoms with Crippen LogP contribution in [-0.4, -0.2) is 24.6 Å². The third-order valence-electron chi connectivity index (χ3n) is 11.3. The van der Waals surface area contributed by atoms with Gasteiger partial charge in [0.15, 0.2) is 0 Å². The van der Waals surface area contributed by atoms with E-state index in [0.29, 0.717) is 11.4 Å². The first-order valence-electron chi connectivity index (χ1n) is 20.6. The summed E-state index contributed by atoms with van der Waals surface area (Å²) in [6.07, 6.45) is 3.75. The van der Waals surface area contributed by atoms with Crippen LogP contribution in [-0.2, 0) is 10.8 Å². The van der Waals surface area contributed by atoms with Gasteiger partial charge in [0, 0.05) is 34.8 Å². The van der Waals surface area contributed by atoms with E-state index in [0.717, 1.165) is 83.7 Å². The lowest BCUT2D eigenvalue weighted by Gasteiger charge is -2.27. The standard InChI is InChI=1S/C55H48N4O/c1-54(2,3)44-34-46(52(60)47(35-44)55(4,5)6)53-58-51-49(59(53)45-24-16-23-39(32-45)36-17-10-7-11-18-36)26-28-57-50(51)43-30-41(38-21-14-9-15-22-38)29-42(31-43)48-33-40(25-27-56-48)37-19-12-8-13-20-37/h7-35,60H,1-6H3. The Morgan fingerprint density at radius 1 is 0.467 bits per heavy atom. The van der Waals surface area contributed by atoms with Crippen molar-refractivity contribution in [3.63, 3.8) is 0 Å². The number of phenols is 1. The average molecular weight is 781 g/mol. The first-order chi connectivity index (χ1) is 28.9. The van der Waals surface area contributed by atoms with Crippen LogP contribution >= 0.6 is 0 Å². The number of pyridine rings is 2. The fourth-order valence-electron chi connectivity index (χ4n) is 8.03. The molecule has 0 aliphatic heterocycles. The van der Waals surface area contributed by atoms with Crippen LogP contribution in [0.5, 0.6) is 5.75 Å². The zero-order chi connectivity index (χ0) is 41.6. The summed E-state index contributed by atoms with van der Waals surface area (Å²) < 4.78 is 2.19. The van der Waals surface area contributed by atoms with Gasteiger partial charge in [-0.25, -0.2) is 4.98 Å². The maximum absolute atomic E-state index is 12.3. The third-order valence-corrected chi connectivity index (χ3v) is 11.3. The summed E-state index contributed by atoms with van der Waals surface area (Å²) in [5.41, 5.74) is 14.8. The predicted molar refractivity (Wildman–Crippen MR) is 248 cm³/mol. The number of phenolic OH excluding ortho intramolecular Hbond substituents is 1. The Morgan fingerprint density at radius 2 is 1.03 bits per heavy atom. The monoisotopic (exact) mass is 780 g/mol. The molecule has 6 aromatic carbocycles. The van der Waals surface area contributed by atoms with Gasteiger partial charge in [-0.05, 0) is 104 Å². The molecule has 0 aliphatic carbocycles. The lowest BCUT2D eigenvalue weighted by molar-refractivity contribution is 0.446. The number of aromatic hydroxyl groups is 1. The molecule has 9 rings (SSSR count). The third kappa shape index (κ3) is 7.39. The maximum atomic E-state index is 12.3. The summed E-state index contributed by atoms with van der Waals surface area (Å²) in [5, 5.41) is 12.3. The Labute approximate surface area is 352 Å². The highest BCUT2D eigenvalue weighted by molar-refractivity contribution is 5.96. The molecule has 0 aliphatic rings. The van der Waals surface area contributed by atoms with E-state index >= 15 is 0 Å². The van der Waals surface area contributed by atoms with Crippen molar-refractivity contribution in [2.45, 2.75) is 52.4 Å². The Bertz CT molecular complexity index is 2990.